The van der Waals surface area contributed by atoms with Crippen LogP contribution in [0.25, 0.3) is 0 Å². The van der Waals surface area contributed by atoms with E-state index >= 15 is 0 Å². The maximum atomic E-state index is 3.50. The van der Waals surface area contributed by atoms with Crippen LogP contribution in [0.3, 0.4) is 0 Å². The number of benzene rings is 2. The molecule has 3 heteroatoms. The van der Waals surface area contributed by atoms with Gasteiger partial charge in [-0.05, 0) is 0 Å². The Hall–Kier alpha value is 0.130. The van der Waals surface area contributed by atoms with E-state index in [9.17, 15) is 0 Å². The average molecular weight is 439 g/mol. The van der Waals surface area contributed by atoms with Crippen molar-refractivity contribution in [3.63, 3.8) is 0 Å². The van der Waals surface area contributed by atoms with E-state index in [-0.39, 0.29) is 21.2 Å². The monoisotopic (exact) mass is 437 g/mol. The van der Waals surface area contributed by atoms with Crippen molar-refractivity contribution in [3.8, 4) is 0 Å². The van der Waals surface area contributed by atoms with Crippen molar-refractivity contribution in [1.29, 1.82) is 0 Å². The zero-order valence-electron chi connectivity index (χ0n) is 7.75. The summed E-state index contributed by atoms with van der Waals surface area (Å²) in [5.41, 5.74) is 0. The van der Waals surface area contributed by atoms with E-state index in [2.05, 4.69) is 80.4 Å². The van der Waals surface area contributed by atoms with Crippen molar-refractivity contribution >= 4 is 31.9 Å². The molecule has 2 aromatic carbocycles. The zero-order valence-corrected chi connectivity index (χ0v) is 13.1. The summed E-state index contributed by atoms with van der Waals surface area (Å²) < 4.78 is 5.19. The van der Waals surface area contributed by atoms with Gasteiger partial charge < -0.3 is 0 Å². The Bertz CT molecular complexity index is 425. The molecule has 0 unspecified atom stereocenters. The molecule has 2 aromatic rings. The molecule has 0 saturated carbocycles. The predicted molar refractivity (Wildman–Crippen MR) is 65.7 cm³/mol. The summed E-state index contributed by atoms with van der Waals surface area (Å²) in [6.07, 6.45) is 0. The molecule has 15 heavy (non-hydrogen) atoms. The number of halogens is 3. The first-order chi connectivity index (χ1) is 7.24. The van der Waals surface area contributed by atoms with E-state index in [1.807, 2.05) is 0 Å². The first-order valence-electron chi connectivity index (χ1n) is 4.40. The third-order valence-corrected chi connectivity index (χ3v) is 5.37. The second kappa shape index (κ2) is 5.46. The molecule has 0 atom stereocenters. The van der Waals surface area contributed by atoms with Crippen LogP contribution in [0.5, 0.6) is 0 Å². The third kappa shape index (κ3) is 3.57. The van der Waals surface area contributed by atoms with Gasteiger partial charge in [0.2, 0.25) is 0 Å². The maximum absolute atomic E-state index is 3.50. The van der Waals surface area contributed by atoms with Crippen LogP contribution >= 0.6 is 31.9 Å². The Morgan fingerprint density at radius 1 is 0.733 bits per heavy atom. The van der Waals surface area contributed by atoms with Crippen LogP contribution in [0.2, 0.25) is 0 Å². The van der Waals surface area contributed by atoms with E-state index in [4.69, 9.17) is 0 Å². The van der Waals surface area contributed by atoms with E-state index in [1.165, 1.54) is 7.14 Å². The van der Waals surface area contributed by atoms with Gasteiger partial charge in [-0.2, -0.15) is 0 Å². The fourth-order valence-electron chi connectivity index (χ4n) is 1.16. The van der Waals surface area contributed by atoms with Crippen LogP contribution in [0.15, 0.2) is 57.5 Å². The molecule has 0 N–H and O–H groups in total. The van der Waals surface area contributed by atoms with Crippen LogP contribution in [0.4, 0.5) is 0 Å². The van der Waals surface area contributed by atoms with Gasteiger partial charge in [0.25, 0.3) is 0 Å². The molecule has 0 aromatic heterocycles. The molecule has 0 aliphatic rings. The van der Waals surface area contributed by atoms with Gasteiger partial charge in [-0.25, -0.2) is 0 Å². The third-order valence-electron chi connectivity index (χ3n) is 1.79. The Morgan fingerprint density at radius 3 is 1.60 bits per heavy atom. The van der Waals surface area contributed by atoms with Crippen LogP contribution < -0.4 is 21.2 Å². The molecule has 0 heterocycles. The first-order valence-corrected chi connectivity index (χ1v) is 8.14. The molecular formula is C12H8Br2I-. The van der Waals surface area contributed by atoms with Gasteiger partial charge in [0.15, 0.2) is 0 Å². The topological polar surface area (TPSA) is 0 Å². The molecule has 0 radical (unpaired) electrons. The van der Waals surface area contributed by atoms with Crippen LogP contribution in [0, 0.1) is 7.14 Å². The van der Waals surface area contributed by atoms with E-state index in [1.54, 1.807) is 0 Å². The summed E-state index contributed by atoms with van der Waals surface area (Å²) in [6, 6.07) is 17.1. The Labute approximate surface area is 117 Å². The quantitative estimate of drug-likeness (QED) is 0.621. The molecule has 0 amide bonds. The van der Waals surface area contributed by atoms with Gasteiger partial charge in [-0.15, -0.1) is 0 Å². The summed E-state index contributed by atoms with van der Waals surface area (Å²) in [4.78, 5) is 0. The number of hydrogen-bond donors (Lipinski definition) is 0. The summed E-state index contributed by atoms with van der Waals surface area (Å²) in [7, 11) is 0. The van der Waals surface area contributed by atoms with Crippen molar-refractivity contribution in [2.45, 2.75) is 0 Å². The van der Waals surface area contributed by atoms with Crippen molar-refractivity contribution in [2.24, 2.45) is 0 Å². The van der Waals surface area contributed by atoms with Gasteiger partial charge in [0.1, 0.15) is 0 Å². The first kappa shape index (κ1) is 11.6. The Balaban J connectivity index is 2.22. The molecule has 0 spiro atoms. The molecule has 0 nitrogen and oxygen atoms in total. The minimum atomic E-state index is -0.0648. The van der Waals surface area contributed by atoms with Gasteiger partial charge in [0.05, 0.1) is 0 Å². The van der Waals surface area contributed by atoms with Gasteiger partial charge in [0, 0.05) is 0 Å². The fourth-order valence-corrected chi connectivity index (χ4v) is 5.29. The van der Waals surface area contributed by atoms with E-state index in [0.29, 0.717) is 0 Å². The fraction of sp³-hybridized carbons (Fsp3) is 0. The Kier molecular flexibility index (Phi) is 4.22. The van der Waals surface area contributed by atoms with Crippen molar-refractivity contribution < 1.29 is 21.2 Å². The van der Waals surface area contributed by atoms with Gasteiger partial charge in [-0.3, -0.25) is 0 Å². The summed E-state index contributed by atoms with van der Waals surface area (Å²) in [5.74, 6) is 0. The van der Waals surface area contributed by atoms with Gasteiger partial charge >= 0.3 is 118 Å². The summed E-state index contributed by atoms with van der Waals surface area (Å²) in [6.45, 7) is 0. The minimum absolute atomic E-state index is 0.0648. The molecule has 0 bridgehead atoms. The van der Waals surface area contributed by atoms with E-state index in [0.717, 1.165) is 8.95 Å². The zero-order chi connectivity index (χ0) is 10.7. The standard InChI is InChI=1S/C12H8Br2I/c13-9-3-1-5-11(7-9)15-12-6-2-4-10(14)8-12/h1-8H/q-1. The van der Waals surface area contributed by atoms with E-state index < -0.39 is 0 Å². The SMILES string of the molecule is Brc1cccc([I-]c2cccc(Br)c2)c1. The molecule has 2 rings (SSSR count). The van der Waals surface area contributed by atoms with Crippen molar-refractivity contribution in [2.75, 3.05) is 0 Å². The van der Waals surface area contributed by atoms with Crippen molar-refractivity contribution in [1.82, 2.24) is 0 Å². The average Bonchev–Trinajstić information content (AvgIpc) is 2.17. The summed E-state index contributed by atoms with van der Waals surface area (Å²) >= 11 is 6.93. The second-order valence-corrected chi connectivity index (χ2v) is 7.84. The molecule has 0 aliphatic carbocycles. The van der Waals surface area contributed by atoms with Crippen LogP contribution in [-0.4, -0.2) is 0 Å². The molecule has 0 fully saturated rings. The molecule has 0 aliphatic heterocycles. The predicted octanol–water partition coefficient (Wildman–Crippen LogP) is 1.34. The molecular weight excluding hydrogens is 431 g/mol. The number of hydrogen-bond acceptors (Lipinski definition) is 0. The molecule has 0 saturated heterocycles. The van der Waals surface area contributed by atoms with Crippen LogP contribution in [0.1, 0.15) is 0 Å². The van der Waals surface area contributed by atoms with Crippen molar-refractivity contribution in [3.05, 3.63) is 64.6 Å². The molecule has 78 valence electrons. The number of rotatable bonds is 2. The second-order valence-electron chi connectivity index (χ2n) is 2.97. The van der Waals surface area contributed by atoms with Gasteiger partial charge in [-0.1, -0.05) is 0 Å². The normalized spacial score (nSPS) is 10.5. The Morgan fingerprint density at radius 2 is 1.20 bits per heavy atom. The summed E-state index contributed by atoms with van der Waals surface area (Å²) in [5, 5.41) is 0. The van der Waals surface area contributed by atoms with Crippen LogP contribution in [-0.2, 0) is 0 Å².